The second kappa shape index (κ2) is 8.34. The van der Waals surface area contributed by atoms with E-state index in [1.165, 1.54) is 32.4 Å². The highest BCUT2D eigenvalue weighted by molar-refractivity contribution is 6.31. The van der Waals surface area contributed by atoms with E-state index in [1.54, 1.807) is 12.1 Å². The van der Waals surface area contributed by atoms with Crippen LogP contribution in [0, 0.1) is 5.82 Å². The maximum absolute atomic E-state index is 13.8. The highest BCUT2D eigenvalue weighted by Crippen LogP contribution is 2.27. The zero-order valence-corrected chi connectivity index (χ0v) is 14.3. The Balaban J connectivity index is 2.05. The number of hydrogen-bond donors (Lipinski definition) is 2. The smallest absolute Gasteiger partial charge is 0.337 e. The average Bonchev–Trinajstić information content (AvgIpc) is 2.60. The minimum Gasteiger partial charge on any atom is -0.495 e. The first-order valence-corrected chi connectivity index (χ1v) is 7.57. The largest absolute Gasteiger partial charge is 0.495 e. The lowest BCUT2D eigenvalue weighted by Crippen LogP contribution is -2.22. The Kier molecular flexibility index (Phi) is 6.19. The van der Waals surface area contributed by atoms with Crippen molar-refractivity contribution < 1.29 is 23.5 Å². The van der Waals surface area contributed by atoms with Gasteiger partial charge in [-0.3, -0.25) is 4.79 Å². The summed E-state index contributed by atoms with van der Waals surface area (Å²) in [6.45, 7) is -0.225. The number of amides is 1. The minimum atomic E-state index is -0.601. The standard InChI is InChI=1S/C17H16ClFN2O4/c1-24-15-6-4-11(18)8-14(15)21-16(22)9-20-13-7-10(17(23)25-2)3-5-12(13)19/h3-8,20H,9H2,1-2H3,(H,21,22). The maximum Gasteiger partial charge on any atom is 0.337 e. The second-order valence-electron chi connectivity index (χ2n) is 4.93. The number of nitrogens with one attached hydrogen (secondary N) is 2. The molecule has 0 aliphatic rings. The Morgan fingerprint density at radius 1 is 1.12 bits per heavy atom. The summed E-state index contributed by atoms with van der Waals surface area (Å²) in [6.07, 6.45) is 0. The van der Waals surface area contributed by atoms with Gasteiger partial charge in [0, 0.05) is 5.02 Å². The van der Waals surface area contributed by atoms with Gasteiger partial charge in [0.1, 0.15) is 11.6 Å². The summed E-state index contributed by atoms with van der Waals surface area (Å²) < 4.78 is 23.5. The maximum atomic E-state index is 13.8. The van der Waals surface area contributed by atoms with Gasteiger partial charge < -0.3 is 20.1 Å². The van der Waals surface area contributed by atoms with Crippen LogP contribution in [0.4, 0.5) is 15.8 Å². The fourth-order valence-corrected chi connectivity index (χ4v) is 2.23. The molecule has 0 saturated carbocycles. The van der Waals surface area contributed by atoms with Crippen LogP contribution in [0.25, 0.3) is 0 Å². The van der Waals surface area contributed by atoms with E-state index in [-0.39, 0.29) is 17.8 Å². The third kappa shape index (κ3) is 4.84. The topological polar surface area (TPSA) is 76.7 Å². The van der Waals surface area contributed by atoms with Crippen LogP contribution in [0.3, 0.4) is 0 Å². The van der Waals surface area contributed by atoms with Crippen LogP contribution in [0.1, 0.15) is 10.4 Å². The number of halogens is 2. The van der Waals surface area contributed by atoms with E-state index >= 15 is 0 Å². The van der Waals surface area contributed by atoms with Gasteiger partial charge in [-0.05, 0) is 36.4 Å². The SMILES string of the molecule is COC(=O)c1ccc(F)c(NCC(=O)Nc2cc(Cl)ccc2OC)c1. The average molecular weight is 367 g/mol. The van der Waals surface area contributed by atoms with Gasteiger partial charge in [-0.2, -0.15) is 0 Å². The highest BCUT2D eigenvalue weighted by Gasteiger charge is 2.12. The number of carbonyl (C=O) groups is 2. The number of ether oxygens (including phenoxy) is 2. The van der Waals surface area contributed by atoms with Gasteiger partial charge in [0.2, 0.25) is 5.91 Å². The Morgan fingerprint density at radius 3 is 2.56 bits per heavy atom. The van der Waals surface area contributed by atoms with Gasteiger partial charge in [0.15, 0.2) is 0 Å². The zero-order chi connectivity index (χ0) is 18.4. The molecule has 0 spiro atoms. The van der Waals surface area contributed by atoms with Gasteiger partial charge in [0.25, 0.3) is 0 Å². The lowest BCUT2D eigenvalue weighted by Gasteiger charge is -2.12. The number of anilines is 2. The molecule has 1 amide bonds. The molecule has 0 heterocycles. The number of carbonyl (C=O) groups excluding carboxylic acids is 2. The van der Waals surface area contributed by atoms with E-state index in [2.05, 4.69) is 15.4 Å². The summed E-state index contributed by atoms with van der Waals surface area (Å²) in [4.78, 5) is 23.5. The van der Waals surface area contributed by atoms with E-state index in [0.29, 0.717) is 16.5 Å². The number of rotatable bonds is 6. The van der Waals surface area contributed by atoms with Crippen LogP contribution in [0.5, 0.6) is 5.75 Å². The summed E-state index contributed by atoms with van der Waals surface area (Å²) >= 11 is 5.90. The number of methoxy groups -OCH3 is 2. The molecule has 0 radical (unpaired) electrons. The lowest BCUT2D eigenvalue weighted by molar-refractivity contribution is -0.114. The van der Waals surface area contributed by atoms with Crippen molar-refractivity contribution >= 4 is 34.9 Å². The summed E-state index contributed by atoms with van der Waals surface area (Å²) in [5.41, 5.74) is 0.574. The molecule has 25 heavy (non-hydrogen) atoms. The molecule has 0 atom stereocenters. The van der Waals surface area contributed by atoms with Crippen LogP contribution < -0.4 is 15.4 Å². The van der Waals surface area contributed by atoms with Crippen molar-refractivity contribution in [2.75, 3.05) is 31.4 Å². The molecule has 8 heteroatoms. The molecule has 6 nitrogen and oxygen atoms in total. The van der Waals surface area contributed by atoms with Crippen molar-refractivity contribution in [3.05, 3.63) is 52.8 Å². The van der Waals surface area contributed by atoms with Crippen molar-refractivity contribution in [1.29, 1.82) is 0 Å². The van der Waals surface area contributed by atoms with Crippen LogP contribution in [0.15, 0.2) is 36.4 Å². The van der Waals surface area contributed by atoms with E-state index in [0.717, 1.165) is 6.07 Å². The molecule has 2 aromatic rings. The van der Waals surface area contributed by atoms with Crippen molar-refractivity contribution in [1.82, 2.24) is 0 Å². The number of esters is 1. The Bertz CT molecular complexity index is 798. The first-order chi connectivity index (χ1) is 11.9. The predicted octanol–water partition coefficient (Wildman–Crippen LogP) is 3.32. The van der Waals surface area contributed by atoms with Crippen LogP contribution in [0.2, 0.25) is 5.02 Å². The molecule has 0 unspecified atom stereocenters. The summed E-state index contributed by atoms with van der Waals surface area (Å²) in [6, 6.07) is 8.47. The predicted molar refractivity (Wildman–Crippen MR) is 92.9 cm³/mol. The van der Waals surface area contributed by atoms with E-state index in [9.17, 15) is 14.0 Å². The molecule has 0 saturated heterocycles. The molecule has 132 valence electrons. The molecule has 0 bridgehead atoms. The lowest BCUT2D eigenvalue weighted by atomic mass is 10.2. The molecule has 2 aromatic carbocycles. The molecule has 2 N–H and O–H groups in total. The summed E-state index contributed by atoms with van der Waals surface area (Å²) in [7, 11) is 2.69. The molecule has 0 fully saturated rings. The monoisotopic (exact) mass is 366 g/mol. The minimum absolute atomic E-state index is 0.0103. The van der Waals surface area contributed by atoms with Gasteiger partial charge in [-0.25, -0.2) is 9.18 Å². The molecular weight excluding hydrogens is 351 g/mol. The molecule has 0 aromatic heterocycles. The van der Waals surface area contributed by atoms with Crippen LogP contribution in [-0.4, -0.2) is 32.6 Å². The first-order valence-electron chi connectivity index (χ1n) is 7.19. The van der Waals surface area contributed by atoms with Crippen LogP contribution >= 0.6 is 11.6 Å². The fraction of sp³-hybridized carbons (Fsp3) is 0.176. The van der Waals surface area contributed by atoms with E-state index in [1.807, 2.05) is 0 Å². The number of hydrogen-bond acceptors (Lipinski definition) is 5. The Morgan fingerprint density at radius 2 is 1.88 bits per heavy atom. The highest BCUT2D eigenvalue weighted by atomic mass is 35.5. The Labute approximate surface area is 148 Å². The van der Waals surface area contributed by atoms with Gasteiger partial charge in [-0.1, -0.05) is 11.6 Å². The van der Waals surface area contributed by atoms with Crippen molar-refractivity contribution in [3.8, 4) is 5.75 Å². The third-order valence-corrected chi connectivity index (χ3v) is 3.50. The summed E-state index contributed by atoms with van der Waals surface area (Å²) in [5.74, 6) is -1.20. The Hall–Kier alpha value is -2.80. The quantitative estimate of drug-likeness (QED) is 0.767. The molecule has 2 rings (SSSR count). The first kappa shape index (κ1) is 18.5. The fourth-order valence-electron chi connectivity index (χ4n) is 2.05. The summed E-state index contributed by atoms with van der Waals surface area (Å²) in [5, 5.41) is 5.68. The molecular formula is C17H16ClFN2O4. The van der Waals surface area contributed by atoms with Gasteiger partial charge in [0.05, 0.1) is 37.7 Å². The van der Waals surface area contributed by atoms with Crippen molar-refractivity contribution in [2.24, 2.45) is 0 Å². The van der Waals surface area contributed by atoms with Crippen molar-refractivity contribution in [3.63, 3.8) is 0 Å². The van der Waals surface area contributed by atoms with Crippen LogP contribution in [-0.2, 0) is 9.53 Å². The normalized spacial score (nSPS) is 10.1. The zero-order valence-electron chi connectivity index (χ0n) is 13.6. The molecule has 0 aliphatic heterocycles. The number of benzene rings is 2. The van der Waals surface area contributed by atoms with E-state index < -0.39 is 17.7 Å². The van der Waals surface area contributed by atoms with Gasteiger partial charge >= 0.3 is 5.97 Å². The third-order valence-electron chi connectivity index (χ3n) is 3.26. The second-order valence-corrected chi connectivity index (χ2v) is 5.37. The van der Waals surface area contributed by atoms with Crippen molar-refractivity contribution in [2.45, 2.75) is 0 Å². The molecule has 0 aliphatic carbocycles. The van der Waals surface area contributed by atoms with E-state index in [4.69, 9.17) is 16.3 Å². The van der Waals surface area contributed by atoms with Gasteiger partial charge in [-0.15, -0.1) is 0 Å².